The van der Waals surface area contributed by atoms with Gasteiger partial charge in [-0.1, -0.05) is 194 Å². The SMILES string of the molecule is CCCCCCCCCCCCN(CCCCCCCCCCCC)CCCCCCCCCCCC.O=S(=O)(O)O. The van der Waals surface area contributed by atoms with Gasteiger partial charge in [-0.25, -0.2) is 0 Å². The Labute approximate surface area is 265 Å². The Bertz CT molecular complexity index is 520. The lowest BCUT2D eigenvalue weighted by Crippen LogP contribution is -2.27. The minimum atomic E-state index is -4.67. The zero-order chi connectivity index (χ0) is 31.4. The molecule has 0 radical (unpaired) electrons. The maximum absolute atomic E-state index is 8.74. The molecule has 0 saturated heterocycles. The minimum absolute atomic E-state index is 1.37. The third kappa shape index (κ3) is 46.8. The molecular formula is C36H77NO4S. The fourth-order valence-electron chi connectivity index (χ4n) is 5.80. The summed E-state index contributed by atoms with van der Waals surface area (Å²) >= 11 is 0. The quantitative estimate of drug-likeness (QED) is 0.0564. The van der Waals surface area contributed by atoms with Gasteiger partial charge in [0.15, 0.2) is 0 Å². The first-order chi connectivity index (χ1) is 20.3. The van der Waals surface area contributed by atoms with Crippen molar-refractivity contribution in [3.63, 3.8) is 0 Å². The molecule has 0 atom stereocenters. The Morgan fingerprint density at radius 3 is 0.643 bits per heavy atom. The van der Waals surface area contributed by atoms with Gasteiger partial charge in [-0.05, 0) is 38.9 Å². The molecule has 0 aromatic carbocycles. The van der Waals surface area contributed by atoms with Crippen LogP contribution in [0.25, 0.3) is 0 Å². The molecule has 5 nitrogen and oxygen atoms in total. The van der Waals surface area contributed by atoms with Gasteiger partial charge in [0.1, 0.15) is 0 Å². The van der Waals surface area contributed by atoms with Crippen LogP contribution in [-0.2, 0) is 10.4 Å². The number of hydrogen-bond acceptors (Lipinski definition) is 3. The van der Waals surface area contributed by atoms with Crippen LogP contribution in [0.1, 0.15) is 213 Å². The Morgan fingerprint density at radius 1 is 0.333 bits per heavy atom. The number of unbranched alkanes of at least 4 members (excludes halogenated alkanes) is 27. The molecule has 0 saturated carbocycles. The van der Waals surface area contributed by atoms with E-state index in [-0.39, 0.29) is 0 Å². The monoisotopic (exact) mass is 620 g/mol. The van der Waals surface area contributed by atoms with Crippen LogP contribution in [0.2, 0.25) is 0 Å². The van der Waals surface area contributed by atoms with Crippen molar-refractivity contribution in [2.24, 2.45) is 0 Å². The zero-order valence-electron chi connectivity index (χ0n) is 28.9. The Hall–Kier alpha value is -0.170. The predicted molar refractivity (Wildman–Crippen MR) is 186 cm³/mol. The van der Waals surface area contributed by atoms with E-state index in [1.165, 1.54) is 212 Å². The van der Waals surface area contributed by atoms with Crippen molar-refractivity contribution < 1.29 is 17.5 Å². The fourth-order valence-corrected chi connectivity index (χ4v) is 5.80. The standard InChI is InChI=1S/C36H75N.H2O4S/c1-4-7-10-13-16-19-22-25-28-31-34-37(35-32-29-26-23-20-17-14-11-8-5-2)36-33-30-27-24-21-18-15-12-9-6-3;1-5(2,3)4/h4-36H2,1-3H3;(H2,1,2,3,4). The van der Waals surface area contributed by atoms with Crippen LogP contribution < -0.4 is 0 Å². The highest BCUT2D eigenvalue weighted by Gasteiger charge is 2.05. The molecule has 0 aromatic heterocycles. The van der Waals surface area contributed by atoms with Crippen molar-refractivity contribution >= 4 is 10.4 Å². The molecule has 2 N–H and O–H groups in total. The molecule has 0 aliphatic carbocycles. The summed E-state index contributed by atoms with van der Waals surface area (Å²) in [7, 11) is -4.67. The van der Waals surface area contributed by atoms with Gasteiger partial charge in [0.25, 0.3) is 0 Å². The summed E-state index contributed by atoms with van der Waals surface area (Å²) in [6, 6.07) is 0. The lowest BCUT2D eigenvalue weighted by atomic mass is 10.1. The molecule has 256 valence electrons. The highest BCUT2D eigenvalue weighted by atomic mass is 32.3. The van der Waals surface area contributed by atoms with Gasteiger partial charge in [-0.2, -0.15) is 8.42 Å². The van der Waals surface area contributed by atoms with Crippen LogP contribution in [0, 0.1) is 0 Å². The third-order valence-electron chi connectivity index (χ3n) is 8.48. The van der Waals surface area contributed by atoms with E-state index in [0.29, 0.717) is 0 Å². The van der Waals surface area contributed by atoms with Gasteiger partial charge < -0.3 is 4.90 Å². The average molecular weight is 620 g/mol. The predicted octanol–water partition coefficient (Wildman–Crippen LogP) is 12.4. The van der Waals surface area contributed by atoms with Crippen LogP contribution in [-0.4, -0.2) is 42.1 Å². The van der Waals surface area contributed by atoms with E-state index in [4.69, 9.17) is 17.5 Å². The van der Waals surface area contributed by atoms with E-state index >= 15 is 0 Å². The first-order valence-electron chi connectivity index (χ1n) is 18.8. The highest BCUT2D eigenvalue weighted by molar-refractivity contribution is 7.79. The highest BCUT2D eigenvalue weighted by Crippen LogP contribution is 2.14. The molecule has 0 amide bonds. The van der Waals surface area contributed by atoms with Crippen molar-refractivity contribution in [3.05, 3.63) is 0 Å². The molecule has 0 aliphatic rings. The second-order valence-electron chi connectivity index (χ2n) is 12.8. The lowest BCUT2D eigenvalue weighted by Gasteiger charge is -2.22. The molecule has 42 heavy (non-hydrogen) atoms. The fraction of sp³-hybridized carbons (Fsp3) is 1.00. The summed E-state index contributed by atoms with van der Waals surface area (Å²) in [5, 5.41) is 0. The van der Waals surface area contributed by atoms with Crippen molar-refractivity contribution in [1.29, 1.82) is 0 Å². The third-order valence-corrected chi connectivity index (χ3v) is 8.48. The molecule has 0 unspecified atom stereocenters. The Kier molecular flexibility index (Phi) is 38.7. The van der Waals surface area contributed by atoms with E-state index in [1.54, 1.807) is 0 Å². The Balaban J connectivity index is 0. The van der Waals surface area contributed by atoms with E-state index in [1.807, 2.05) is 0 Å². The van der Waals surface area contributed by atoms with Crippen molar-refractivity contribution in [3.8, 4) is 0 Å². The van der Waals surface area contributed by atoms with Crippen LogP contribution >= 0.6 is 0 Å². The summed E-state index contributed by atoms with van der Waals surface area (Å²) in [5.41, 5.74) is 0. The first kappa shape index (κ1) is 44.0. The lowest BCUT2D eigenvalue weighted by molar-refractivity contribution is 0.254. The average Bonchev–Trinajstić information content (AvgIpc) is 2.94. The summed E-state index contributed by atoms with van der Waals surface area (Å²) in [6.45, 7) is 11.0. The number of nitrogens with zero attached hydrogens (tertiary/aromatic N) is 1. The van der Waals surface area contributed by atoms with E-state index in [9.17, 15) is 0 Å². The topological polar surface area (TPSA) is 77.8 Å². The molecule has 0 fully saturated rings. The summed E-state index contributed by atoms with van der Waals surface area (Å²) in [6.07, 6.45) is 43.6. The van der Waals surface area contributed by atoms with E-state index < -0.39 is 10.4 Å². The summed E-state index contributed by atoms with van der Waals surface area (Å²) < 4.78 is 31.6. The van der Waals surface area contributed by atoms with Crippen LogP contribution in [0.15, 0.2) is 0 Å². The van der Waals surface area contributed by atoms with Crippen molar-refractivity contribution in [1.82, 2.24) is 4.90 Å². The van der Waals surface area contributed by atoms with Gasteiger partial charge >= 0.3 is 10.4 Å². The second kappa shape index (κ2) is 37.0. The zero-order valence-corrected chi connectivity index (χ0v) is 29.7. The Morgan fingerprint density at radius 2 is 0.476 bits per heavy atom. The number of rotatable bonds is 33. The summed E-state index contributed by atoms with van der Waals surface area (Å²) in [4.78, 5) is 2.85. The molecule has 0 aromatic rings. The van der Waals surface area contributed by atoms with Gasteiger partial charge in [-0.15, -0.1) is 0 Å². The van der Waals surface area contributed by atoms with E-state index in [0.717, 1.165) is 0 Å². The van der Waals surface area contributed by atoms with Gasteiger partial charge in [0.05, 0.1) is 0 Å². The maximum Gasteiger partial charge on any atom is 0.394 e. The summed E-state index contributed by atoms with van der Waals surface area (Å²) in [5.74, 6) is 0. The van der Waals surface area contributed by atoms with Gasteiger partial charge in [0, 0.05) is 0 Å². The second-order valence-corrected chi connectivity index (χ2v) is 13.7. The van der Waals surface area contributed by atoms with Crippen molar-refractivity contribution in [2.45, 2.75) is 213 Å². The minimum Gasteiger partial charge on any atom is -0.303 e. The number of hydrogen-bond donors (Lipinski definition) is 2. The smallest absolute Gasteiger partial charge is 0.303 e. The first-order valence-corrected chi connectivity index (χ1v) is 20.2. The van der Waals surface area contributed by atoms with Crippen LogP contribution in [0.4, 0.5) is 0 Å². The largest absolute Gasteiger partial charge is 0.394 e. The molecule has 0 rings (SSSR count). The molecular weight excluding hydrogens is 542 g/mol. The molecule has 0 bridgehead atoms. The molecule has 0 spiro atoms. The van der Waals surface area contributed by atoms with Gasteiger partial charge in [0.2, 0.25) is 0 Å². The van der Waals surface area contributed by atoms with Crippen LogP contribution in [0.5, 0.6) is 0 Å². The van der Waals surface area contributed by atoms with Gasteiger partial charge in [-0.3, -0.25) is 9.11 Å². The molecule has 6 heteroatoms. The maximum atomic E-state index is 8.74. The van der Waals surface area contributed by atoms with Crippen molar-refractivity contribution in [2.75, 3.05) is 19.6 Å². The van der Waals surface area contributed by atoms with Crippen LogP contribution in [0.3, 0.4) is 0 Å². The molecule has 0 aliphatic heterocycles. The van der Waals surface area contributed by atoms with E-state index in [2.05, 4.69) is 25.7 Å². The molecule has 0 heterocycles. The normalized spacial score (nSPS) is 11.7.